The molecule has 3 rings (SSSR count). The van der Waals surface area contributed by atoms with Gasteiger partial charge in [-0.3, -0.25) is 4.90 Å². The number of aliphatic hydroxyl groups is 1. The largest absolute Gasteiger partial charge is 0.389 e. The van der Waals surface area contributed by atoms with Crippen molar-refractivity contribution in [1.82, 2.24) is 4.90 Å². The number of nitrogens with zero attached hydrogens (tertiary/aromatic N) is 1. The molecule has 1 aliphatic heterocycles. The molecule has 0 amide bonds. The Hall–Kier alpha value is -0.860. The second kappa shape index (κ2) is 5.02. The van der Waals surface area contributed by atoms with Crippen molar-refractivity contribution in [1.29, 1.82) is 0 Å². The minimum absolute atomic E-state index is 0.346. The molecule has 1 aromatic carbocycles. The van der Waals surface area contributed by atoms with E-state index in [1.807, 2.05) is 6.92 Å². The number of hydrogen-bond acceptors (Lipinski definition) is 2. The molecule has 0 spiro atoms. The average molecular weight is 245 g/mol. The highest BCUT2D eigenvalue weighted by atomic mass is 16.3. The Morgan fingerprint density at radius 1 is 1.17 bits per heavy atom. The Bertz CT molecular complexity index is 423. The predicted molar refractivity (Wildman–Crippen MR) is 73.7 cm³/mol. The van der Waals surface area contributed by atoms with Crippen LogP contribution in [0.15, 0.2) is 18.2 Å². The molecule has 1 saturated carbocycles. The zero-order valence-electron chi connectivity index (χ0n) is 11.2. The lowest BCUT2D eigenvalue weighted by Gasteiger charge is -2.36. The summed E-state index contributed by atoms with van der Waals surface area (Å²) < 4.78 is 0. The highest BCUT2D eigenvalue weighted by Gasteiger charge is 2.26. The van der Waals surface area contributed by atoms with Gasteiger partial charge in [0.1, 0.15) is 0 Å². The Balaban J connectivity index is 1.76. The monoisotopic (exact) mass is 245 g/mol. The molecule has 2 aliphatic rings. The van der Waals surface area contributed by atoms with E-state index >= 15 is 0 Å². The first-order valence-corrected chi connectivity index (χ1v) is 7.28. The third-order valence-corrected chi connectivity index (χ3v) is 4.64. The molecule has 0 saturated heterocycles. The van der Waals surface area contributed by atoms with Gasteiger partial charge in [0.2, 0.25) is 0 Å². The number of rotatable bonds is 2. The van der Waals surface area contributed by atoms with Crippen LogP contribution < -0.4 is 0 Å². The first-order valence-electron chi connectivity index (χ1n) is 7.28. The fourth-order valence-electron chi connectivity index (χ4n) is 3.14. The Morgan fingerprint density at radius 3 is 2.50 bits per heavy atom. The average Bonchev–Trinajstić information content (AvgIpc) is 2.49. The van der Waals surface area contributed by atoms with Gasteiger partial charge in [-0.1, -0.05) is 24.6 Å². The highest BCUT2D eigenvalue weighted by molar-refractivity contribution is 5.34. The lowest BCUT2D eigenvalue weighted by Crippen LogP contribution is -2.41. The minimum Gasteiger partial charge on any atom is -0.389 e. The first kappa shape index (κ1) is 12.2. The van der Waals surface area contributed by atoms with Crippen LogP contribution in [0.3, 0.4) is 0 Å². The summed E-state index contributed by atoms with van der Waals surface area (Å²) in [6, 6.07) is 7.38. The summed E-state index contributed by atoms with van der Waals surface area (Å²) in [5.74, 6) is 0. The van der Waals surface area contributed by atoms with Crippen LogP contribution in [0.1, 0.15) is 49.0 Å². The van der Waals surface area contributed by atoms with Gasteiger partial charge < -0.3 is 5.11 Å². The summed E-state index contributed by atoms with van der Waals surface area (Å²) in [4.78, 5) is 2.67. The molecule has 2 heteroatoms. The van der Waals surface area contributed by atoms with E-state index in [-0.39, 0.29) is 6.10 Å². The zero-order valence-corrected chi connectivity index (χ0v) is 11.2. The SMILES string of the molecule is CC(O)c1ccc2c(c1)CCN(C1CCC1)CC2. The smallest absolute Gasteiger partial charge is 0.0762 e. The van der Waals surface area contributed by atoms with Crippen LogP contribution in [-0.2, 0) is 12.8 Å². The van der Waals surface area contributed by atoms with E-state index in [2.05, 4.69) is 23.1 Å². The molecule has 1 aliphatic carbocycles. The van der Waals surface area contributed by atoms with Gasteiger partial charge in [0, 0.05) is 19.1 Å². The molecular formula is C16H23NO. The standard InChI is InChI=1S/C16H23NO/c1-12(18)14-6-5-13-7-9-17(16-3-2-4-16)10-8-15(13)11-14/h5-6,11-12,16,18H,2-4,7-10H2,1H3. The maximum absolute atomic E-state index is 9.67. The number of aliphatic hydroxyl groups excluding tert-OH is 1. The summed E-state index contributed by atoms with van der Waals surface area (Å²) in [6.45, 7) is 4.26. The molecule has 0 aromatic heterocycles. The zero-order chi connectivity index (χ0) is 12.5. The van der Waals surface area contributed by atoms with Gasteiger partial charge in [-0.05, 0) is 49.3 Å². The molecular weight excluding hydrogens is 222 g/mol. The molecule has 18 heavy (non-hydrogen) atoms. The van der Waals surface area contributed by atoms with Gasteiger partial charge in [0.15, 0.2) is 0 Å². The molecule has 98 valence electrons. The van der Waals surface area contributed by atoms with Crippen molar-refractivity contribution in [3.63, 3.8) is 0 Å². The van der Waals surface area contributed by atoms with Crippen LogP contribution in [0.5, 0.6) is 0 Å². The molecule has 1 fully saturated rings. The summed E-state index contributed by atoms with van der Waals surface area (Å²) >= 11 is 0. The van der Waals surface area contributed by atoms with E-state index in [9.17, 15) is 5.11 Å². The van der Waals surface area contributed by atoms with E-state index in [4.69, 9.17) is 0 Å². The fraction of sp³-hybridized carbons (Fsp3) is 0.625. The summed E-state index contributed by atoms with van der Waals surface area (Å²) in [5, 5.41) is 9.67. The van der Waals surface area contributed by atoms with Gasteiger partial charge in [-0.15, -0.1) is 0 Å². The predicted octanol–water partition coefficient (Wildman–Crippen LogP) is 2.69. The summed E-state index contributed by atoms with van der Waals surface area (Å²) in [5.41, 5.74) is 4.00. The Labute approximate surface area is 110 Å². The van der Waals surface area contributed by atoms with Crippen LogP contribution in [0, 0.1) is 0 Å². The van der Waals surface area contributed by atoms with E-state index in [0.29, 0.717) is 0 Å². The van der Waals surface area contributed by atoms with Gasteiger partial charge >= 0.3 is 0 Å². The van der Waals surface area contributed by atoms with Crippen molar-refractivity contribution in [2.24, 2.45) is 0 Å². The van der Waals surface area contributed by atoms with Crippen molar-refractivity contribution in [3.8, 4) is 0 Å². The van der Waals surface area contributed by atoms with Crippen molar-refractivity contribution >= 4 is 0 Å². The van der Waals surface area contributed by atoms with Crippen molar-refractivity contribution in [2.45, 2.75) is 51.2 Å². The van der Waals surface area contributed by atoms with Crippen LogP contribution in [0.2, 0.25) is 0 Å². The summed E-state index contributed by atoms with van der Waals surface area (Å²) in [7, 11) is 0. The van der Waals surface area contributed by atoms with Crippen LogP contribution in [0.4, 0.5) is 0 Å². The second-order valence-electron chi connectivity index (χ2n) is 5.82. The summed E-state index contributed by atoms with van der Waals surface area (Å²) in [6.07, 6.45) is 6.18. The molecule has 2 nitrogen and oxygen atoms in total. The van der Waals surface area contributed by atoms with Gasteiger partial charge in [-0.25, -0.2) is 0 Å². The van der Waals surface area contributed by atoms with Gasteiger partial charge in [-0.2, -0.15) is 0 Å². The third-order valence-electron chi connectivity index (χ3n) is 4.64. The quantitative estimate of drug-likeness (QED) is 0.866. The first-order chi connectivity index (χ1) is 8.74. The molecule has 1 aromatic rings. The van der Waals surface area contributed by atoms with E-state index in [1.165, 1.54) is 49.9 Å². The van der Waals surface area contributed by atoms with E-state index in [0.717, 1.165) is 18.0 Å². The lowest BCUT2D eigenvalue weighted by molar-refractivity contribution is 0.133. The van der Waals surface area contributed by atoms with Gasteiger partial charge in [0.05, 0.1) is 6.10 Å². The maximum Gasteiger partial charge on any atom is 0.0762 e. The van der Waals surface area contributed by atoms with Crippen LogP contribution >= 0.6 is 0 Å². The van der Waals surface area contributed by atoms with Crippen molar-refractivity contribution in [3.05, 3.63) is 34.9 Å². The maximum atomic E-state index is 9.67. The van der Waals surface area contributed by atoms with E-state index in [1.54, 1.807) is 0 Å². The van der Waals surface area contributed by atoms with Gasteiger partial charge in [0.25, 0.3) is 0 Å². The molecule has 1 atom stereocenters. The molecule has 0 radical (unpaired) electrons. The van der Waals surface area contributed by atoms with Crippen molar-refractivity contribution < 1.29 is 5.11 Å². The molecule has 0 bridgehead atoms. The Kier molecular flexibility index (Phi) is 3.40. The second-order valence-corrected chi connectivity index (χ2v) is 5.82. The van der Waals surface area contributed by atoms with Crippen LogP contribution in [0.25, 0.3) is 0 Å². The normalized spacial score (nSPS) is 23.0. The lowest BCUT2D eigenvalue weighted by atomic mass is 9.91. The van der Waals surface area contributed by atoms with Crippen molar-refractivity contribution in [2.75, 3.05) is 13.1 Å². The molecule has 1 N–H and O–H groups in total. The van der Waals surface area contributed by atoms with E-state index < -0.39 is 0 Å². The molecule has 1 heterocycles. The number of benzene rings is 1. The Morgan fingerprint density at radius 2 is 1.89 bits per heavy atom. The highest BCUT2D eigenvalue weighted by Crippen LogP contribution is 2.28. The third kappa shape index (κ3) is 2.32. The molecule has 1 unspecified atom stereocenters. The van der Waals surface area contributed by atoms with Crippen LogP contribution in [-0.4, -0.2) is 29.1 Å². The topological polar surface area (TPSA) is 23.5 Å². The minimum atomic E-state index is -0.346. The number of fused-ring (bicyclic) bond motifs is 1. The number of hydrogen-bond donors (Lipinski definition) is 1. The fourth-order valence-corrected chi connectivity index (χ4v) is 3.14.